The second kappa shape index (κ2) is 11.6. The highest BCUT2D eigenvalue weighted by atomic mass is 32.1. The molecule has 0 amide bonds. The van der Waals surface area contributed by atoms with Crippen molar-refractivity contribution in [1.29, 1.82) is 0 Å². The van der Waals surface area contributed by atoms with Crippen molar-refractivity contribution in [2.24, 2.45) is 0 Å². The average Bonchev–Trinajstić information content (AvgIpc) is 3.46. The molecule has 0 saturated carbocycles. The highest BCUT2D eigenvalue weighted by molar-refractivity contribution is 7.00. The zero-order chi connectivity index (χ0) is 28.1. The molecule has 5 aromatic carbocycles. The molecule has 0 aliphatic carbocycles. The van der Waals surface area contributed by atoms with Crippen LogP contribution in [0.25, 0.3) is 11.0 Å². The SMILES string of the molecule is O=C(O)C(Cc1cccc(Oc2ccccc2)c1)(Cc1cccc(Oc2ccccc2)c1)c1ccc2nsnc2c1. The number of hydrogen-bond donors (Lipinski definition) is 1. The minimum Gasteiger partial charge on any atom is -0.481 e. The van der Waals surface area contributed by atoms with Crippen LogP contribution in [0.3, 0.4) is 0 Å². The number of hydrogen-bond acceptors (Lipinski definition) is 6. The largest absolute Gasteiger partial charge is 0.481 e. The van der Waals surface area contributed by atoms with Gasteiger partial charge in [0.1, 0.15) is 39.4 Å². The van der Waals surface area contributed by atoms with Gasteiger partial charge in [-0.1, -0.05) is 66.7 Å². The van der Waals surface area contributed by atoms with Crippen LogP contribution in [0.4, 0.5) is 0 Å². The summed E-state index contributed by atoms with van der Waals surface area (Å²) in [6.45, 7) is 0. The zero-order valence-corrected chi connectivity index (χ0v) is 22.8. The van der Waals surface area contributed by atoms with E-state index in [4.69, 9.17) is 9.47 Å². The number of para-hydroxylation sites is 2. The van der Waals surface area contributed by atoms with Gasteiger partial charge in [0.25, 0.3) is 0 Å². The first kappa shape index (κ1) is 26.2. The van der Waals surface area contributed by atoms with E-state index < -0.39 is 11.4 Å². The summed E-state index contributed by atoms with van der Waals surface area (Å²) in [5.41, 5.74) is 2.47. The van der Waals surface area contributed by atoms with Crippen molar-refractivity contribution in [2.75, 3.05) is 0 Å². The lowest BCUT2D eigenvalue weighted by Crippen LogP contribution is -2.40. The van der Waals surface area contributed by atoms with Crippen molar-refractivity contribution in [3.05, 3.63) is 144 Å². The number of carboxylic acid groups (broad SMARTS) is 1. The van der Waals surface area contributed by atoms with Crippen LogP contribution in [0, 0.1) is 0 Å². The Hall–Kier alpha value is -5.01. The molecule has 6 aromatic rings. The van der Waals surface area contributed by atoms with Gasteiger partial charge in [-0.2, -0.15) is 8.75 Å². The Labute approximate surface area is 241 Å². The number of nitrogens with zero attached hydrogens (tertiary/aromatic N) is 2. The van der Waals surface area contributed by atoms with Crippen LogP contribution in [0.2, 0.25) is 0 Å². The van der Waals surface area contributed by atoms with Crippen LogP contribution < -0.4 is 9.47 Å². The summed E-state index contributed by atoms with van der Waals surface area (Å²) in [6.07, 6.45) is 0.475. The molecule has 6 rings (SSSR count). The number of carbonyl (C=O) groups is 1. The molecule has 0 saturated heterocycles. The maximum absolute atomic E-state index is 13.4. The van der Waals surface area contributed by atoms with Gasteiger partial charge in [0.15, 0.2) is 0 Å². The Morgan fingerprint density at radius 1 is 0.610 bits per heavy atom. The van der Waals surface area contributed by atoms with E-state index in [1.54, 1.807) is 0 Å². The number of ether oxygens (including phenoxy) is 2. The molecule has 1 heterocycles. The van der Waals surface area contributed by atoms with Crippen molar-refractivity contribution in [1.82, 2.24) is 8.75 Å². The minimum atomic E-state index is -1.30. The van der Waals surface area contributed by atoms with Gasteiger partial charge in [0.05, 0.1) is 11.7 Å². The molecule has 6 nitrogen and oxygen atoms in total. The lowest BCUT2D eigenvalue weighted by Gasteiger charge is -2.31. The van der Waals surface area contributed by atoms with Crippen LogP contribution in [0.15, 0.2) is 127 Å². The standard InChI is InChI=1S/C34H26N2O4S/c37-33(38)34(26-17-18-31-32(21-26)36-41-35-31,22-24-9-7-15-29(19-24)39-27-11-3-1-4-12-27)23-25-10-8-16-30(20-25)40-28-13-5-2-6-14-28/h1-21H,22-23H2,(H,37,38). The predicted molar refractivity (Wildman–Crippen MR) is 160 cm³/mol. The first-order valence-corrected chi connectivity index (χ1v) is 13.9. The number of rotatable bonds is 10. The van der Waals surface area contributed by atoms with Gasteiger partial charge in [-0.15, -0.1) is 0 Å². The second-order valence-electron chi connectivity index (χ2n) is 9.83. The van der Waals surface area contributed by atoms with Crippen molar-refractivity contribution in [3.63, 3.8) is 0 Å². The molecule has 1 N–H and O–H groups in total. The van der Waals surface area contributed by atoms with Gasteiger partial charge in [0.2, 0.25) is 0 Å². The van der Waals surface area contributed by atoms with Crippen LogP contribution in [0.5, 0.6) is 23.0 Å². The van der Waals surface area contributed by atoms with Gasteiger partial charge in [-0.25, -0.2) is 0 Å². The summed E-state index contributed by atoms with van der Waals surface area (Å²) in [6, 6.07) is 39.8. The lowest BCUT2D eigenvalue weighted by molar-refractivity contribution is -0.144. The topological polar surface area (TPSA) is 81.5 Å². The van der Waals surface area contributed by atoms with Crippen molar-refractivity contribution in [2.45, 2.75) is 18.3 Å². The second-order valence-corrected chi connectivity index (χ2v) is 10.4. The summed E-state index contributed by atoms with van der Waals surface area (Å²) in [4.78, 5) is 13.4. The summed E-state index contributed by atoms with van der Waals surface area (Å²) < 4.78 is 20.8. The predicted octanol–water partition coefficient (Wildman–Crippen LogP) is 8.08. The molecular weight excluding hydrogens is 532 g/mol. The third-order valence-corrected chi connectivity index (χ3v) is 7.54. The number of benzene rings is 5. The van der Waals surface area contributed by atoms with E-state index in [1.165, 1.54) is 0 Å². The number of aliphatic carboxylic acids is 1. The molecule has 0 spiro atoms. The molecule has 0 atom stereocenters. The third kappa shape index (κ3) is 5.95. The fourth-order valence-corrected chi connectivity index (χ4v) is 5.52. The summed E-state index contributed by atoms with van der Waals surface area (Å²) in [5.74, 6) is 1.79. The Kier molecular flexibility index (Phi) is 7.43. The van der Waals surface area contributed by atoms with E-state index in [9.17, 15) is 9.90 Å². The molecule has 202 valence electrons. The van der Waals surface area contributed by atoms with Crippen molar-refractivity contribution < 1.29 is 19.4 Å². The third-order valence-electron chi connectivity index (χ3n) is 6.98. The summed E-state index contributed by atoms with van der Waals surface area (Å²) in [7, 11) is 0. The lowest BCUT2D eigenvalue weighted by atomic mass is 9.71. The smallest absolute Gasteiger partial charge is 0.314 e. The van der Waals surface area contributed by atoms with Crippen LogP contribution in [-0.2, 0) is 23.1 Å². The van der Waals surface area contributed by atoms with E-state index in [-0.39, 0.29) is 12.8 Å². The van der Waals surface area contributed by atoms with Crippen LogP contribution in [0.1, 0.15) is 16.7 Å². The van der Waals surface area contributed by atoms with E-state index in [1.807, 2.05) is 127 Å². The molecule has 0 bridgehead atoms. The molecule has 0 unspecified atom stereocenters. The Balaban J connectivity index is 1.38. The first-order chi connectivity index (χ1) is 20.1. The maximum Gasteiger partial charge on any atom is 0.314 e. The fourth-order valence-electron chi connectivity index (χ4n) is 5.01. The van der Waals surface area contributed by atoms with Gasteiger partial charge >= 0.3 is 5.97 Å². The van der Waals surface area contributed by atoms with Gasteiger partial charge in [-0.3, -0.25) is 4.79 Å². The van der Waals surface area contributed by atoms with Gasteiger partial charge in [-0.05, 0) is 90.2 Å². The number of carboxylic acids is 1. The monoisotopic (exact) mass is 558 g/mol. The van der Waals surface area contributed by atoms with Gasteiger partial charge in [0, 0.05) is 0 Å². The zero-order valence-electron chi connectivity index (χ0n) is 22.0. The molecule has 0 aliphatic rings. The normalized spacial score (nSPS) is 11.3. The first-order valence-electron chi connectivity index (χ1n) is 13.2. The molecule has 41 heavy (non-hydrogen) atoms. The Morgan fingerprint density at radius 3 is 1.66 bits per heavy atom. The fraction of sp³-hybridized carbons (Fsp3) is 0.0882. The van der Waals surface area contributed by atoms with Gasteiger partial charge < -0.3 is 14.6 Å². The van der Waals surface area contributed by atoms with E-state index in [2.05, 4.69) is 8.75 Å². The van der Waals surface area contributed by atoms with E-state index in [0.29, 0.717) is 34.1 Å². The maximum atomic E-state index is 13.4. The molecular formula is C34H26N2O4S. The molecule has 1 aromatic heterocycles. The number of fused-ring (bicyclic) bond motifs is 1. The van der Waals surface area contributed by atoms with Crippen molar-refractivity contribution in [3.8, 4) is 23.0 Å². The summed E-state index contributed by atoms with van der Waals surface area (Å²) in [5, 5.41) is 10.9. The Bertz CT molecular complexity index is 1700. The molecule has 7 heteroatoms. The Morgan fingerprint density at radius 2 is 1.12 bits per heavy atom. The van der Waals surface area contributed by atoms with E-state index in [0.717, 1.165) is 28.4 Å². The molecule has 0 radical (unpaired) electrons. The molecule has 0 fully saturated rings. The quantitative estimate of drug-likeness (QED) is 0.183. The highest BCUT2D eigenvalue weighted by Crippen LogP contribution is 2.37. The van der Waals surface area contributed by atoms with Crippen LogP contribution >= 0.6 is 11.7 Å². The number of aromatic nitrogens is 2. The van der Waals surface area contributed by atoms with Crippen LogP contribution in [-0.4, -0.2) is 19.8 Å². The van der Waals surface area contributed by atoms with E-state index >= 15 is 0 Å². The highest BCUT2D eigenvalue weighted by Gasteiger charge is 2.41. The minimum absolute atomic E-state index is 0.237. The summed E-state index contributed by atoms with van der Waals surface area (Å²) >= 11 is 1.11. The van der Waals surface area contributed by atoms with Crippen molar-refractivity contribution >= 4 is 28.7 Å². The average molecular weight is 559 g/mol. The molecule has 0 aliphatic heterocycles.